The zero-order valence-corrected chi connectivity index (χ0v) is 23.2. The molecule has 0 bridgehead atoms. The van der Waals surface area contributed by atoms with E-state index in [0.29, 0.717) is 18.0 Å². The number of piperazine rings is 1. The number of benzene rings is 2. The molecule has 0 unspecified atom stereocenters. The molecule has 0 amide bonds. The SMILES string of the molecule is CN1CC=C(N2CCN(Cc3ccc(-c4nc5ccn6c(=O)[nH]nc6c5cc4-c4ccccc4)cc3)CC2)N=C1C#N. The normalized spacial score (nSPS) is 16.0. The summed E-state index contributed by atoms with van der Waals surface area (Å²) < 4.78 is 1.51. The number of nitrogens with zero attached hydrogens (tertiary/aromatic N) is 8. The van der Waals surface area contributed by atoms with E-state index in [1.165, 1.54) is 9.96 Å². The van der Waals surface area contributed by atoms with E-state index >= 15 is 0 Å². The zero-order valence-electron chi connectivity index (χ0n) is 23.2. The molecule has 0 aliphatic carbocycles. The van der Waals surface area contributed by atoms with Gasteiger partial charge in [0.15, 0.2) is 5.65 Å². The third-order valence-electron chi connectivity index (χ3n) is 8.02. The van der Waals surface area contributed by atoms with Crippen molar-refractivity contribution in [2.24, 2.45) is 4.99 Å². The van der Waals surface area contributed by atoms with Gasteiger partial charge in [0.05, 0.1) is 11.2 Å². The first-order valence-corrected chi connectivity index (χ1v) is 14.0. The van der Waals surface area contributed by atoms with Crippen molar-refractivity contribution in [2.45, 2.75) is 6.54 Å². The molecule has 1 saturated heterocycles. The van der Waals surface area contributed by atoms with Gasteiger partial charge in [0.2, 0.25) is 5.84 Å². The maximum absolute atomic E-state index is 12.2. The molecule has 2 aliphatic rings. The van der Waals surface area contributed by atoms with Gasteiger partial charge >= 0.3 is 5.69 Å². The lowest BCUT2D eigenvalue weighted by molar-refractivity contribution is 0.151. The van der Waals surface area contributed by atoms with Crippen molar-refractivity contribution in [1.29, 1.82) is 5.26 Å². The van der Waals surface area contributed by atoms with E-state index in [1.807, 2.05) is 36.2 Å². The van der Waals surface area contributed by atoms with Crippen LogP contribution in [0.15, 0.2) is 94.6 Å². The number of H-pyrrole nitrogens is 1. The Morgan fingerprint density at radius 1 is 0.976 bits per heavy atom. The van der Waals surface area contributed by atoms with Gasteiger partial charge in [0, 0.05) is 69.0 Å². The Kier molecular flexibility index (Phi) is 6.49. The van der Waals surface area contributed by atoms with Gasteiger partial charge in [-0.25, -0.2) is 24.3 Å². The molecular weight excluding hydrogens is 526 g/mol. The van der Waals surface area contributed by atoms with Crippen LogP contribution in [-0.2, 0) is 6.54 Å². The van der Waals surface area contributed by atoms with E-state index in [0.717, 1.165) is 71.8 Å². The van der Waals surface area contributed by atoms with Crippen LogP contribution < -0.4 is 5.69 Å². The molecule has 0 atom stereocenters. The van der Waals surface area contributed by atoms with Crippen molar-refractivity contribution in [3.8, 4) is 28.5 Å². The van der Waals surface area contributed by atoms with Crippen LogP contribution in [0, 0.1) is 11.3 Å². The van der Waals surface area contributed by atoms with Crippen LogP contribution in [0.2, 0.25) is 0 Å². The predicted octanol–water partition coefficient (Wildman–Crippen LogP) is 3.73. The maximum Gasteiger partial charge on any atom is 0.347 e. The monoisotopic (exact) mass is 555 g/mol. The summed E-state index contributed by atoms with van der Waals surface area (Å²) in [5.74, 6) is 1.38. The number of pyridine rings is 2. The first-order valence-electron chi connectivity index (χ1n) is 14.0. The molecule has 10 heteroatoms. The standard InChI is InChI=1S/C32H29N9O/c1-38-13-12-28(35-29(38)20-33)40-17-15-39(16-18-40)21-22-7-9-24(10-8-22)30-25(23-5-3-2-4-6-23)19-26-27(34-30)11-14-41-31(26)36-37-32(41)42/h2-12,14,19H,13,15-18,21H2,1H3,(H,37,42). The molecule has 2 aromatic carbocycles. The molecule has 3 aromatic heterocycles. The third-order valence-corrected chi connectivity index (χ3v) is 8.02. The highest BCUT2D eigenvalue weighted by atomic mass is 16.1. The minimum absolute atomic E-state index is 0.269. The largest absolute Gasteiger partial charge is 0.354 e. The van der Waals surface area contributed by atoms with Crippen molar-refractivity contribution in [1.82, 2.24) is 34.3 Å². The summed E-state index contributed by atoms with van der Waals surface area (Å²) in [5, 5.41) is 16.9. The molecule has 42 heavy (non-hydrogen) atoms. The predicted molar refractivity (Wildman–Crippen MR) is 163 cm³/mol. The summed E-state index contributed by atoms with van der Waals surface area (Å²) in [6, 6.07) is 25.0. The summed E-state index contributed by atoms with van der Waals surface area (Å²) in [5.41, 5.74) is 6.28. The maximum atomic E-state index is 12.2. The van der Waals surface area contributed by atoms with E-state index in [2.05, 4.69) is 79.6 Å². The summed E-state index contributed by atoms with van der Waals surface area (Å²) >= 11 is 0. The molecule has 1 fully saturated rings. The fourth-order valence-corrected chi connectivity index (χ4v) is 5.69. The third kappa shape index (κ3) is 4.70. The fraction of sp³-hybridized carbons (Fsp3) is 0.219. The average Bonchev–Trinajstić information content (AvgIpc) is 3.42. The Labute approximate surface area is 242 Å². The molecule has 2 aliphatic heterocycles. The Bertz CT molecular complexity index is 1940. The van der Waals surface area contributed by atoms with Crippen molar-refractivity contribution < 1.29 is 0 Å². The molecule has 7 rings (SSSR count). The number of rotatable bonds is 5. The lowest BCUT2D eigenvalue weighted by Crippen LogP contribution is -2.46. The summed E-state index contributed by atoms with van der Waals surface area (Å²) in [6.45, 7) is 5.20. The summed E-state index contributed by atoms with van der Waals surface area (Å²) in [6.07, 6.45) is 3.81. The number of aromatic nitrogens is 4. The second-order valence-electron chi connectivity index (χ2n) is 10.7. The van der Waals surface area contributed by atoms with Gasteiger partial charge in [-0.1, -0.05) is 54.6 Å². The quantitative estimate of drug-likeness (QED) is 0.352. The van der Waals surface area contributed by atoms with Crippen LogP contribution in [-0.4, -0.2) is 79.9 Å². The van der Waals surface area contributed by atoms with Gasteiger partial charge in [-0.2, -0.15) is 10.4 Å². The van der Waals surface area contributed by atoms with Crippen LogP contribution in [0.5, 0.6) is 0 Å². The Morgan fingerprint density at radius 2 is 1.76 bits per heavy atom. The number of nitrogens with one attached hydrogen (secondary N) is 1. The number of amidine groups is 1. The van der Waals surface area contributed by atoms with Gasteiger partial charge in [0.1, 0.15) is 11.9 Å². The van der Waals surface area contributed by atoms with Crippen molar-refractivity contribution >= 4 is 22.4 Å². The van der Waals surface area contributed by atoms with E-state index < -0.39 is 0 Å². The fourth-order valence-electron chi connectivity index (χ4n) is 5.69. The van der Waals surface area contributed by atoms with Gasteiger partial charge in [-0.3, -0.25) is 4.90 Å². The highest BCUT2D eigenvalue weighted by Gasteiger charge is 2.22. The lowest BCUT2D eigenvalue weighted by atomic mass is 9.97. The van der Waals surface area contributed by atoms with Gasteiger partial charge < -0.3 is 9.80 Å². The lowest BCUT2D eigenvalue weighted by Gasteiger charge is -2.37. The molecule has 0 saturated carbocycles. The smallest absolute Gasteiger partial charge is 0.347 e. The van der Waals surface area contributed by atoms with Gasteiger partial charge in [-0.15, -0.1) is 0 Å². The molecule has 0 radical (unpaired) electrons. The molecule has 10 nitrogen and oxygen atoms in total. The highest BCUT2D eigenvalue weighted by Crippen LogP contribution is 2.34. The molecular formula is C32H29N9O. The first kappa shape index (κ1) is 25.7. The number of fused-ring (bicyclic) bond motifs is 3. The number of nitriles is 1. The van der Waals surface area contributed by atoms with E-state index in [-0.39, 0.29) is 5.69 Å². The first-order chi connectivity index (χ1) is 20.6. The molecule has 5 heterocycles. The molecule has 208 valence electrons. The van der Waals surface area contributed by atoms with E-state index in [1.54, 1.807) is 6.20 Å². The van der Waals surface area contributed by atoms with Crippen molar-refractivity contribution in [3.63, 3.8) is 0 Å². The second kappa shape index (κ2) is 10.6. The van der Waals surface area contributed by atoms with Crippen LogP contribution in [0.25, 0.3) is 38.9 Å². The van der Waals surface area contributed by atoms with Crippen LogP contribution in [0.1, 0.15) is 5.56 Å². The minimum Gasteiger partial charge on any atom is -0.354 e. The summed E-state index contributed by atoms with van der Waals surface area (Å²) in [7, 11) is 1.89. The second-order valence-corrected chi connectivity index (χ2v) is 10.7. The number of aromatic amines is 1. The molecule has 1 N–H and O–H groups in total. The van der Waals surface area contributed by atoms with Crippen LogP contribution in [0.3, 0.4) is 0 Å². The Balaban J connectivity index is 1.12. The topological polar surface area (TPSA) is 109 Å². The molecule has 5 aromatic rings. The van der Waals surface area contributed by atoms with Gasteiger partial charge in [0.25, 0.3) is 0 Å². The van der Waals surface area contributed by atoms with Crippen molar-refractivity contribution in [2.75, 3.05) is 39.8 Å². The number of aliphatic imine (C=N–C) groups is 1. The van der Waals surface area contributed by atoms with E-state index in [4.69, 9.17) is 4.98 Å². The van der Waals surface area contributed by atoms with Gasteiger partial charge in [-0.05, 0) is 29.3 Å². The zero-order chi connectivity index (χ0) is 28.6. The number of hydrogen-bond donors (Lipinski definition) is 1. The van der Waals surface area contributed by atoms with E-state index in [9.17, 15) is 10.1 Å². The highest BCUT2D eigenvalue weighted by molar-refractivity contribution is 5.98. The number of likely N-dealkylation sites (N-methyl/N-ethyl adjacent to an activating group) is 1. The minimum atomic E-state index is -0.269. The Morgan fingerprint density at radius 3 is 2.52 bits per heavy atom. The van der Waals surface area contributed by atoms with Crippen molar-refractivity contribution in [3.05, 3.63) is 101 Å². The number of hydrogen-bond acceptors (Lipinski definition) is 8. The molecule has 0 spiro atoms. The summed E-state index contributed by atoms with van der Waals surface area (Å²) in [4.78, 5) is 28.4. The van der Waals surface area contributed by atoms with Crippen LogP contribution >= 0.6 is 0 Å². The average molecular weight is 556 g/mol. The van der Waals surface area contributed by atoms with Crippen LogP contribution in [0.4, 0.5) is 0 Å². The Hall–Kier alpha value is -5.27.